The molecule has 3 amide bonds. The van der Waals surface area contributed by atoms with Crippen molar-refractivity contribution >= 4 is 17.7 Å². The van der Waals surface area contributed by atoms with Gasteiger partial charge in [-0.1, -0.05) is 0 Å². The summed E-state index contributed by atoms with van der Waals surface area (Å²) < 4.78 is 0. The summed E-state index contributed by atoms with van der Waals surface area (Å²) in [6.07, 6.45) is 6.72. The topological polar surface area (TPSA) is 82.6 Å². The number of rotatable bonds is 3. The van der Waals surface area contributed by atoms with Crippen LogP contribution in [0, 0.1) is 5.92 Å². The van der Waals surface area contributed by atoms with E-state index in [1.54, 1.807) is 11.1 Å². The Bertz CT molecular complexity index is 721. The SMILES string of the molecule is O=C1NCCc2c1cncc2C(=O)N1CCN(C(=O)CC2CC2)CC1. The van der Waals surface area contributed by atoms with Crippen molar-refractivity contribution in [2.75, 3.05) is 32.7 Å². The van der Waals surface area contributed by atoms with Crippen LogP contribution in [0.25, 0.3) is 0 Å². The molecule has 0 aromatic carbocycles. The molecule has 1 aliphatic carbocycles. The fourth-order valence-electron chi connectivity index (χ4n) is 3.56. The predicted octanol–water partition coefficient (Wildman–Crippen LogP) is 0.452. The van der Waals surface area contributed by atoms with E-state index in [1.165, 1.54) is 19.0 Å². The molecule has 7 heteroatoms. The van der Waals surface area contributed by atoms with Gasteiger partial charge >= 0.3 is 0 Å². The average molecular weight is 342 g/mol. The molecule has 1 aromatic heterocycles. The number of piperazine rings is 1. The minimum atomic E-state index is -0.168. The van der Waals surface area contributed by atoms with E-state index in [-0.39, 0.29) is 17.7 Å². The summed E-state index contributed by atoms with van der Waals surface area (Å²) in [4.78, 5) is 44.7. The summed E-state index contributed by atoms with van der Waals surface area (Å²) in [5, 5.41) is 2.77. The van der Waals surface area contributed by atoms with Gasteiger partial charge in [-0.2, -0.15) is 0 Å². The van der Waals surface area contributed by atoms with Crippen molar-refractivity contribution in [3.05, 3.63) is 29.1 Å². The molecule has 3 heterocycles. The highest BCUT2D eigenvalue weighted by molar-refractivity contribution is 6.02. The van der Waals surface area contributed by atoms with Crippen molar-refractivity contribution in [2.45, 2.75) is 25.7 Å². The predicted molar refractivity (Wildman–Crippen MR) is 90.1 cm³/mol. The second kappa shape index (κ2) is 6.46. The molecule has 2 fully saturated rings. The molecular formula is C18H22N4O3. The zero-order valence-corrected chi connectivity index (χ0v) is 14.2. The maximum Gasteiger partial charge on any atom is 0.255 e. The van der Waals surface area contributed by atoms with Gasteiger partial charge in [-0.25, -0.2) is 0 Å². The molecule has 1 aromatic rings. The van der Waals surface area contributed by atoms with Crippen molar-refractivity contribution in [3.8, 4) is 0 Å². The van der Waals surface area contributed by atoms with Crippen LogP contribution in [0.15, 0.2) is 12.4 Å². The van der Waals surface area contributed by atoms with Crippen LogP contribution in [-0.4, -0.2) is 65.2 Å². The second-order valence-corrected chi connectivity index (χ2v) is 7.04. The first kappa shape index (κ1) is 16.1. The smallest absolute Gasteiger partial charge is 0.255 e. The minimum absolute atomic E-state index is 0.0895. The largest absolute Gasteiger partial charge is 0.352 e. The van der Waals surface area contributed by atoms with Crippen LogP contribution in [0.3, 0.4) is 0 Å². The van der Waals surface area contributed by atoms with Gasteiger partial charge in [0, 0.05) is 51.5 Å². The third-order valence-corrected chi connectivity index (χ3v) is 5.27. The van der Waals surface area contributed by atoms with E-state index >= 15 is 0 Å². The van der Waals surface area contributed by atoms with Crippen LogP contribution in [0.4, 0.5) is 0 Å². The Morgan fingerprint density at radius 1 is 1.12 bits per heavy atom. The summed E-state index contributed by atoms with van der Waals surface area (Å²) in [6.45, 7) is 2.77. The van der Waals surface area contributed by atoms with Crippen LogP contribution < -0.4 is 5.32 Å². The number of fused-ring (bicyclic) bond motifs is 1. The van der Waals surface area contributed by atoms with Gasteiger partial charge in [0.2, 0.25) is 5.91 Å². The first-order chi connectivity index (χ1) is 12.1. The van der Waals surface area contributed by atoms with Gasteiger partial charge in [-0.3, -0.25) is 19.4 Å². The Morgan fingerprint density at radius 3 is 2.56 bits per heavy atom. The normalized spacial score (nSPS) is 20.1. The highest BCUT2D eigenvalue weighted by Crippen LogP contribution is 2.33. The Kier molecular flexibility index (Phi) is 4.15. The number of nitrogens with one attached hydrogen (secondary N) is 1. The summed E-state index contributed by atoms with van der Waals surface area (Å²) in [5.41, 5.74) is 1.80. The molecular weight excluding hydrogens is 320 g/mol. The highest BCUT2D eigenvalue weighted by atomic mass is 16.2. The average Bonchev–Trinajstić information content (AvgIpc) is 3.45. The number of aromatic nitrogens is 1. The zero-order chi connectivity index (χ0) is 17.4. The molecule has 0 atom stereocenters. The Balaban J connectivity index is 1.43. The van der Waals surface area contributed by atoms with Gasteiger partial charge in [-0.05, 0) is 30.7 Å². The van der Waals surface area contributed by atoms with E-state index in [4.69, 9.17) is 0 Å². The molecule has 25 heavy (non-hydrogen) atoms. The van der Waals surface area contributed by atoms with Crippen molar-refractivity contribution in [2.24, 2.45) is 5.92 Å². The summed E-state index contributed by atoms with van der Waals surface area (Å²) in [6, 6.07) is 0. The van der Waals surface area contributed by atoms with Crippen LogP contribution >= 0.6 is 0 Å². The molecule has 1 saturated heterocycles. The summed E-state index contributed by atoms with van der Waals surface area (Å²) in [7, 11) is 0. The molecule has 0 bridgehead atoms. The quantitative estimate of drug-likeness (QED) is 0.865. The van der Waals surface area contributed by atoms with E-state index < -0.39 is 0 Å². The lowest BCUT2D eigenvalue weighted by atomic mass is 9.97. The van der Waals surface area contributed by atoms with Crippen molar-refractivity contribution in [1.82, 2.24) is 20.1 Å². The van der Waals surface area contributed by atoms with Gasteiger partial charge in [0.25, 0.3) is 11.8 Å². The summed E-state index contributed by atoms with van der Waals surface area (Å²) >= 11 is 0. The monoisotopic (exact) mass is 342 g/mol. The van der Waals surface area contributed by atoms with Crippen LogP contribution in [0.2, 0.25) is 0 Å². The maximum atomic E-state index is 12.9. The third kappa shape index (κ3) is 3.23. The minimum Gasteiger partial charge on any atom is -0.352 e. The van der Waals surface area contributed by atoms with E-state index in [0.29, 0.717) is 62.6 Å². The molecule has 2 aliphatic heterocycles. The second-order valence-electron chi connectivity index (χ2n) is 7.04. The lowest BCUT2D eigenvalue weighted by molar-refractivity contribution is -0.133. The first-order valence-electron chi connectivity index (χ1n) is 8.95. The molecule has 0 spiro atoms. The van der Waals surface area contributed by atoms with E-state index in [0.717, 1.165) is 5.56 Å². The van der Waals surface area contributed by atoms with Gasteiger partial charge in [0.15, 0.2) is 0 Å². The number of carbonyl (C=O) groups excluding carboxylic acids is 3. The van der Waals surface area contributed by atoms with Crippen LogP contribution in [0.5, 0.6) is 0 Å². The van der Waals surface area contributed by atoms with Gasteiger partial charge in [-0.15, -0.1) is 0 Å². The standard InChI is InChI=1S/C18H22N4O3/c23-16(9-12-1-2-12)21-5-7-22(8-6-21)18(25)15-11-19-10-14-13(15)3-4-20-17(14)24/h10-12H,1-9H2,(H,20,24). The van der Waals surface area contributed by atoms with Crippen LogP contribution in [-0.2, 0) is 11.2 Å². The molecule has 4 rings (SSSR count). The van der Waals surface area contributed by atoms with Gasteiger partial charge in [0.05, 0.1) is 11.1 Å². The number of carbonyl (C=O) groups is 3. The Morgan fingerprint density at radius 2 is 1.84 bits per heavy atom. The molecule has 3 aliphatic rings. The lowest BCUT2D eigenvalue weighted by Gasteiger charge is -2.35. The van der Waals surface area contributed by atoms with Gasteiger partial charge in [0.1, 0.15) is 0 Å². The third-order valence-electron chi connectivity index (χ3n) is 5.27. The molecule has 0 unspecified atom stereocenters. The number of pyridine rings is 1. The van der Waals surface area contributed by atoms with E-state index in [2.05, 4.69) is 10.3 Å². The summed E-state index contributed by atoms with van der Waals surface area (Å²) in [5.74, 6) is 0.539. The van der Waals surface area contributed by atoms with Crippen molar-refractivity contribution < 1.29 is 14.4 Å². The fraction of sp³-hybridized carbons (Fsp3) is 0.556. The van der Waals surface area contributed by atoms with E-state index in [9.17, 15) is 14.4 Å². The first-order valence-corrected chi connectivity index (χ1v) is 8.95. The Hall–Kier alpha value is -2.44. The fourth-order valence-corrected chi connectivity index (χ4v) is 3.56. The molecule has 7 nitrogen and oxygen atoms in total. The van der Waals surface area contributed by atoms with Crippen LogP contribution in [0.1, 0.15) is 45.5 Å². The van der Waals surface area contributed by atoms with E-state index in [1.807, 2.05) is 4.90 Å². The molecule has 1 saturated carbocycles. The zero-order valence-electron chi connectivity index (χ0n) is 14.2. The number of amides is 3. The number of hydrogen-bond acceptors (Lipinski definition) is 4. The maximum absolute atomic E-state index is 12.9. The van der Waals surface area contributed by atoms with Crippen molar-refractivity contribution in [3.63, 3.8) is 0 Å². The lowest BCUT2D eigenvalue weighted by Crippen LogP contribution is -2.51. The molecule has 0 radical (unpaired) electrons. The number of hydrogen-bond donors (Lipinski definition) is 1. The number of nitrogens with zero attached hydrogens (tertiary/aromatic N) is 3. The van der Waals surface area contributed by atoms with Gasteiger partial charge < -0.3 is 15.1 Å². The Labute approximate surface area is 146 Å². The molecule has 132 valence electrons. The molecule has 1 N–H and O–H groups in total. The highest BCUT2D eigenvalue weighted by Gasteiger charge is 2.31. The van der Waals surface area contributed by atoms with Crippen molar-refractivity contribution in [1.29, 1.82) is 0 Å².